The zero-order chi connectivity index (χ0) is 19.3. The summed E-state index contributed by atoms with van der Waals surface area (Å²) in [5.74, 6) is -0.212. The molecule has 0 aromatic heterocycles. The second kappa shape index (κ2) is 10.1. The topological polar surface area (TPSA) is 29.1 Å². The predicted octanol–water partition coefficient (Wildman–Crippen LogP) is 1.72. The third-order valence-corrected chi connectivity index (χ3v) is 9.11. The fourth-order valence-electron chi connectivity index (χ4n) is 3.21. The number of hydrogen-bond donors (Lipinski definition) is 1. The Kier molecular flexibility index (Phi) is 8.10. The molecule has 6 heteroatoms. The molecule has 0 spiro atoms. The second-order valence-corrected chi connectivity index (χ2v) is 10.3. The van der Waals surface area contributed by atoms with Crippen molar-refractivity contribution in [1.82, 2.24) is 5.32 Å². The first-order chi connectivity index (χ1) is 13.1. The van der Waals surface area contributed by atoms with Crippen molar-refractivity contribution in [2.24, 2.45) is 0 Å². The third-order valence-electron chi connectivity index (χ3n) is 4.24. The fourth-order valence-corrected chi connectivity index (χ4v) is 8.17. The molecule has 1 amide bonds. The number of halogens is 3. The van der Waals surface area contributed by atoms with Crippen LogP contribution in [0.1, 0.15) is 6.92 Å². The van der Waals surface area contributed by atoms with Crippen LogP contribution in [0, 0.1) is 0 Å². The number of rotatable bonds is 5. The van der Waals surface area contributed by atoms with E-state index in [4.69, 9.17) is 23.2 Å². The van der Waals surface area contributed by atoms with Gasteiger partial charge in [0.05, 0.1) is 0 Å². The molecule has 0 unspecified atom stereocenters. The maximum Gasteiger partial charge on any atom is 0.223 e. The van der Waals surface area contributed by atoms with Crippen molar-refractivity contribution < 1.29 is 17.2 Å². The second-order valence-electron chi connectivity index (χ2n) is 5.97. The van der Waals surface area contributed by atoms with Gasteiger partial charge in [-0.1, -0.05) is 77.8 Å². The van der Waals surface area contributed by atoms with E-state index in [1.54, 1.807) is 0 Å². The van der Waals surface area contributed by atoms with Crippen LogP contribution >= 0.6 is 30.5 Å². The van der Waals surface area contributed by atoms with Crippen LogP contribution in [0.3, 0.4) is 0 Å². The summed E-state index contributed by atoms with van der Waals surface area (Å²) in [5.41, 5.74) is 0.543. The molecule has 3 aromatic rings. The van der Waals surface area contributed by atoms with Gasteiger partial charge in [-0.05, 0) is 36.4 Å². The van der Waals surface area contributed by atoms with E-state index in [0.29, 0.717) is 5.44 Å². The molecule has 0 saturated carbocycles. The molecule has 0 saturated heterocycles. The number of nitrogens with one attached hydrogen (secondary N) is 1. The summed E-state index contributed by atoms with van der Waals surface area (Å²) in [6.07, 6.45) is 0. The highest BCUT2D eigenvalue weighted by Crippen LogP contribution is 2.62. The van der Waals surface area contributed by atoms with Crippen molar-refractivity contribution in [3.8, 4) is 0 Å². The molecule has 0 fully saturated rings. The van der Waals surface area contributed by atoms with Gasteiger partial charge < -0.3 is 12.4 Å². The van der Waals surface area contributed by atoms with Crippen LogP contribution in [0.4, 0.5) is 0 Å². The van der Waals surface area contributed by atoms with Gasteiger partial charge in [0, 0.05) is 6.92 Å². The maximum absolute atomic E-state index is 12.1. The lowest BCUT2D eigenvalue weighted by atomic mass is 10.4. The highest BCUT2D eigenvalue weighted by atomic mass is 35.5. The highest BCUT2D eigenvalue weighted by Gasteiger charge is 2.51. The van der Waals surface area contributed by atoms with Crippen LogP contribution < -0.4 is 33.6 Å². The summed E-state index contributed by atoms with van der Waals surface area (Å²) >= 11 is 12.8. The van der Waals surface area contributed by atoms with Gasteiger partial charge in [-0.2, -0.15) is 0 Å². The van der Waals surface area contributed by atoms with Crippen molar-refractivity contribution in [3.05, 3.63) is 101 Å². The van der Waals surface area contributed by atoms with Crippen molar-refractivity contribution in [3.63, 3.8) is 0 Å². The molecule has 0 heterocycles. The number of carbonyl (C=O) groups excluding carboxylic acids is 1. The fraction of sp³-hybridized carbons (Fsp3) is 0.0455. The minimum Gasteiger partial charge on any atom is -1.00 e. The summed E-state index contributed by atoms with van der Waals surface area (Å²) in [6, 6.07) is 30.2. The van der Waals surface area contributed by atoms with Gasteiger partial charge in [-0.25, -0.2) is 0 Å². The van der Waals surface area contributed by atoms with E-state index in [-0.39, 0.29) is 22.8 Å². The average molecular weight is 451 g/mol. The number of benzene rings is 3. The molecular formula is C22H19Cl3NOP. The lowest BCUT2D eigenvalue weighted by molar-refractivity contribution is -0.118. The zero-order valence-corrected chi connectivity index (χ0v) is 18.3. The SMILES string of the molecule is CC(=O)NC(=C(Cl)Cl)[P+](c1ccccc1)(c1ccccc1)c1ccccc1.[Cl-]. The number of carbonyl (C=O) groups is 1. The molecule has 0 aliphatic carbocycles. The molecule has 0 aliphatic rings. The summed E-state index contributed by atoms with van der Waals surface area (Å²) in [5, 5.41) is 6.12. The van der Waals surface area contributed by atoms with Gasteiger partial charge in [0.25, 0.3) is 0 Å². The molecule has 144 valence electrons. The Balaban J connectivity index is 0.00000280. The zero-order valence-electron chi connectivity index (χ0n) is 15.1. The molecule has 0 atom stereocenters. The Bertz CT molecular complexity index is 847. The molecule has 0 bridgehead atoms. The van der Waals surface area contributed by atoms with Crippen LogP contribution in [0.25, 0.3) is 0 Å². The molecule has 3 rings (SSSR count). The van der Waals surface area contributed by atoms with E-state index < -0.39 is 7.26 Å². The van der Waals surface area contributed by atoms with E-state index in [0.717, 1.165) is 15.9 Å². The summed E-state index contributed by atoms with van der Waals surface area (Å²) in [6.45, 7) is 1.46. The molecule has 2 nitrogen and oxygen atoms in total. The Morgan fingerprint density at radius 2 is 1.04 bits per heavy atom. The predicted molar refractivity (Wildman–Crippen MR) is 118 cm³/mol. The first-order valence-electron chi connectivity index (χ1n) is 8.46. The maximum atomic E-state index is 12.1. The van der Waals surface area contributed by atoms with Gasteiger partial charge in [0.2, 0.25) is 11.3 Å². The van der Waals surface area contributed by atoms with Gasteiger partial charge in [-0.15, -0.1) is 0 Å². The average Bonchev–Trinajstić information content (AvgIpc) is 2.70. The molecule has 3 aromatic carbocycles. The number of hydrogen-bond acceptors (Lipinski definition) is 1. The number of amides is 1. The van der Waals surface area contributed by atoms with Crippen molar-refractivity contribution in [2.45, 2.75) is 6.92 Å². The first kappa shape index (κ1) is 22.5. The lowest BCUT2D eigenvalue weighted by Gasteiger charge is -2.29. The Labute approximate surface area is 182 Å². The van der Waals surface area contributed by atoms with Gasteiger partial charge in [0.1, 0.15) is 15.9 Å². The Morgan fingerprint density at radius 1 is 0.714 bits per heavy atom. The van der Waals surface area contributed by atoms with E-state index in [1.807, 2.05) is 54.6 Å². The smallest absolute Gasteiger partial charge is 0.223 e. The molecule has 28 heavy (non-hydrogen) atoms. The highest BCUT2D eigenvalue weighted by molar-refractivity contribution is 7.99. The van der Waals surface area contributed by atoms with E-state index >= 15 is 0 Å². The third kappa shape index (κ3) is 4.42. The molecule has 1 N–H and O–H groups in total. The van der Waals surface area contributed by atoms with E-state index in [9.17, 15) is 4.79 Å². The monoisotopic (exact) mass is 449 g/mol. The minimum atomic E-state index is -2.49. The van der Waals surface area contributed by atoms with E-state index in [1.165, 1.54) is 6.92 Å². The first-order valence-corrected chi connectivity index (χ1v) is 11.0. The lowest BCUT2D eigenvalue weighted by Crippen LogP contribution is -3.00. The largest absolute Gasteiger partial charge is 1.00 e. The Hall–Kier alpha value is -1.83. The minimum absolute atomic E-state index is 0. The van der Waals surface area contributed by atoms with Crippen LogP contribution in [-0.4, -0.2) is 5.91 Å². The van der Waals surface area contributed by atoms with Crippen molar-refractivity contribution >= 4 is 52.3 Å². The van der Waals surface area contributed by atoms with Crippen molar-refractivity contribution in [2.75, 3.05) is 0 Å². The van der Waals surface area contributed by atoms with Gasteiger partial charge >= 0.3 is 0 Å². The summed E-state index contributed by atoms with van der Waals surface area (Å²) in [7, 11) is -2.49. The quantitative estimate of drug-likeness (QED) is 0.590. The molecule has 0 aliphatic heterocycles. The summed E-state index contributed by atoms with van der Waals surface area (Å²) < 4.78 is 0.0649. The normalized spacial score (nSPS) is 10.5. The van der Waals surface area contributed by atoms with Gasteiger partial charge in [0.15, 0.2) is 11.8 Å². The molecule has 0 radical (unpaired) electrons. The Morgan fingerprint density at radius 3 is 1.29 bits per heavy atom. The van der Waals surface area contributed by atoms with Crippen LogP contribution in [0.15, 0.2) is 101 Å². The standard InChI is InChI=1S/C22H18Cl2NOP.ClH/c1-17(26)25-22(21(23)24)27(18-11-5-2-6-12-18,19-13-7-3-8-14-19)20-15-9-4-10-16-20;/h2-16H,1H3;1H. The molecular weight excluding hydrogens is 432 g/mol. The summed E-state index contributed by atoms with van der Waals surface area (Å²) in [4.78, 5) is 12.1. The van der Waals surface area contributed by atoms with Crippen LogP contribution in [0.5, 0.6) is 0 Å². The van der Waals surface area contributed by atoms with Crippen molar-refractivity contribution in [1.29, 1.82) is 0 Å². The van der Waals surface area contributed by atoms with Crippen LogP contribution in [0.2, 0.25) is 0 Å². The van der Waals surface area contributed by atoms with Crippen LogP contribution in [-0.2, 0) is 4.79 Å². The van der Waals surface area contributed by atoms with E-state index in [2.05, 4.69) is 41.7 Å². The van der Waals surface area contributed by atoms with Gasteiger partial charge in [-0.3, -0.25) is 10.1 Å².